The number of nitrogens with zero attached hydrogens (tertiary/aromatic N) is 2. The fourth-order valence-corrected chi connectivity index (χ4v) is 2.29. The van der Waals surface area contributed by atoms with Crippen molar-refractivity contribution in [3.63, 3.8) is 0 Å². The molecule has 0 aliphatic rings. The fourth-order valence-electron chi connectivity index (χ4n) is 1.33. The second kappa shape index (κ2) is 6.18. The Morgan fingerprint density at radius 3 is 2.79 bits per heavy atom. The average Bonchev–Trinajstić information content (AvgIpc) is 2.80. The number of hydrogen-bond acceptors (Lipinski definition) is 5. The zero-order chi connectivity index (χ0) is 13.8. The molecule has 0 bridgehead atoms. The van der Waals surface area contributed by atoms with Crippen molar-refractivity contribution in [3.05, 3.63) is 32.7 Å². The summed E-state index contributed by atoms with van der Waals surface area (Å²) < 4.78 is 5.52. The van der Waals surface area contributed by atoms with E-state index in [1.165, 1.54) is 0 Å². The molecule has 0 fully saturated rings. The van der Waals surface area contributed by atoms with Gasteiger partial charge < -0.3 is 10.1 Å². The van der Waals surface area contributed by atoms with E-state index in [4.69, 9.17) is 27.9 Å². The van der Waals surface area contributed by atoms with E-state index >= 15 is 0 Å². The maximum atomic E-state index is 11.8. The van der Waals surface area contributed by atoms with Crippen molar-refractivity contribution in [2.45, 2.75) is 6.92 Å². The number of carbonyl (C=O) groups is 1. The second-order valence-corrected chi connectivity index (χ2v) is 5.36. The topological polar surface area (TPSA) is 64.1 Å². The zero-order valence-corrected chi connectivity index (χ0v) is 12.1. The first kappa shape index (κ1) is 14.0. The summed E-state index contributed by atoms with van der Waals surface area (Å²) in [5, 5.41) is 10.5. The van der Waals surface area contributed by atoms with Gasteiger partial charge in [0.05, 0.1) is 11.6 Å². The normalized spacial score (nSPS) is 10.3. The third kappa shape index (κ3) is 3.56. The van der Waals surface area contributed by atoms with E-state index in [1.807, 2.05) is 6.92 Å². The van der Waals surface area contributed by atoms with Crippen molar-refractivity contribution in [1.82, 2.24) is 10.2 Å². The van der Waals surface area contributed by atoms with Crippen LogP contribution >= 0.6 is 34.5 Å². The molecule has 1 aromatic carbocycles. The number of aromatic nitrogens is 2. The van der Waals surface area contributed by atoms with Gasteiger partial charge in [0.2, 0.25) is 9.47 Å². The summed E-state index contributed by atoms with van der Waals surface area (Å²) in [5.74, 6) is 0.186. The number of carbonyl (C=O) groups excluding carboxylic acids is 1. The number of halogens is 2. The molecule has 1 aromatic heterocycles. The molecule has 0 radical (unpaired) electrons. The van der Waals surface area contributed by atoms with Crippen LogP contribution in [0.2, 0.25) is 9.49 Å². The number of rotatable bonds is 4. The number of ether oxygens (including phenoxy) is 1. The van der Waals surface area contributed by atoms with E-state index in [0.717, 1.165) is 11.3 Å². The van der Waals surface area contributed by atoms with Gasteiger partial charge >= 0.3 is 0 Å². The highest BCUT2D eigenvalue weighted by Crippen LogP contribution is 2.28. The van der Waals surface area contributed by atoms with E-state index < -0.39 is 0 Å². The summed E-state index contributed by atoms with van der Waals surface area (Å²) in [6.07, 6.45) is 0. The van der Waals surface area contributed by atoms with Gasteiger partial charge in [-0.05, 0) is 36.7 Å². The first-order valence-electron chi connectivity index (χ1n) is 5.33. The molecule has 0 saturated carbocycles. The molecule has 2 rings (SSSR count). The highest BCUT2D eigenvalue weighted by Gasteiger charge is 2.13. The van der Waals surface area contributed by atoms with Crippen LogP contribution in [0.25, 0.3) is 0 Å². The van der Waals surface area contributed by atoms with E-state index in [1.54, 1.807) is 18.2 Å². The van der Waals surface area contributed by atoms with Crippen LogP contribution in [0.4, 0.5) is 5.69 Å². The van der Waals surface area contributed by atoms with E-state index in [-0.39, 0.29) is 15.4 Å². The summed E-state index contributed by atoms with van der Waals surface area (Å²) in [7, 11) is 0. The van der Waals surface area contributed by atoms with Crippen molar-refractivity contribution < 1.29 is 9.53 Å². The molecule has 0 aliphatic heterocycles. The minimum atomic E-state index is -0.385. The summed E-state index contributed by atoms with van der Waals surface area (Å²) in [6.45, 7) is 2.39. The Morgan fingerprint density at radius 2 is 2.21 bits per heavy atom. The third-order valence-electron chi connectivity index (χ3n) is 2.08. The number of benzene rings is 1. The van der Waals surface area contributed by atoms with Crippen LogP contribution in [0.5, 0.6) is 5.75 Å². The van der Waals surface area contributed by atoms with Crippen LogP contribution < -0.4 is 10.1 Å². The van der Waals surface area contributed by atoms with Crippen LogP contribution in [0.1, 0.15) is 16.7 Å². The van der Waals surface area contributed by atoms with Crippen LogP contribution in [-0.4, -0.2) is 22.7 Å². The largest absolute Gasteiger partial charge is 0.492 e. The lowest BCUT2D eigenvalue weighted by Gasteiger charge is -2.08. The molecule has 1 heterocycles. The second-order valence-electron chi connectivity index (χ2n) is 3.39. The number of amides is 1. The maximum Gasteiger partial charge on any atom is 0.286 e. The SMILES string of the molecule is CCOc1ccc(NC(=O)c2nnc(Cl)s2)cc1Cl. The molecule has 100 valence electrons. The van der Waals surface area contributed by atoms with Gasteiger partial charge in [-0.3, -0.25) is 4.79 Å². The monoisotopic (exact) mass is 317 g/mol. The lowest BCUT2D eigenvalue weighted by Crippen LogP contribution is -2.11. The lowest BCUT2D eigenvalue weighted by molar-refractivity contribution is 0.102. The van der Waals surface area contributed by atoms with Gasteiger partial charge in [0.1, 0.15) is 5.75 Å². The Hall–Kier alpha value is -1.37. The average molecular weight is 318 g/mol. The fraction of sp³-hybridized carbons (Fsp3) is 0.182. The van der Waals surface area contributed by atoms with Crippen LogP contribution in [0.3, 0.4) is 0 Å². The minimum Gasteiger partial charge on any atom is -0.492 e. The van der Waals surface area contributed by atoms with Gasteiger partial charge in [-0.1, -0.05) is 22.9 Å². The molecule has 0 spiro atoms. The van der Waals surface area contributed by atoms with E-state index in [9.17, 15) is 4.79 Å². The first-order chi connectivity index (χ1) is 9.10. The van der Waals surface area contributed by atoms with Gasteiger partial charge in [-0.15, -0.1) is 10.2 Å². The highest BCUT2D eigenvalue weighted by molar-refractivity contribution is 7.17. The number of anilines is 1. The maximum absolute atomic E-state index is 11.8. The first-order valence-corrected chi connectivity index (χ1v) is 6.90. The molecule has 8 heteroatoms. The van der Waals surface area contributed by atoms with Crippen molar-refractivity contribution in [3.8, 4) is 5.75 Å². The zero-order valence-electron chi connectivity index (χ0n) is 9.81. The third-order valence-corrected chi connectivity index (χ3v) is 3.40. The van der Waals surface area contributed by atoms with Gasteiger partial charge in [-0.2, -0.15) is 0 Å². The van der Waals surface area contributed by atoms with Crippen LogP contribution in [0.15, 0.2) is 18.2 Å². The molecule has 0 unspecified atom stereocenters. The Bertz CT molecular complexity index is 603. The number of hydrogen-bond donors (Lipinski definition) is 1. The van der Waals surface area contributed by atoms with Crippen molar-refractivity contribution in [1.29, 1.82) is 0 Å². The smallest absolute Gasteiger partial charge is 0.286 e. The molecule has 0 atom stereocenters. The van der Waals surface area contributed by atoms with Gasteiger partial charge in [0.15, 0.2) is 0 Å². The van der Waals surface area contributed by atoms with E-state index in [0.29, 0.717) is 23.1 Å². The predicted octanol–water partition coefficient (Wildman–Crippen LogP) is 3.50. The molecular formula is C11H9Cl2N3O2S. The van der Waals surface area contributed by atoms with Crippen molar-refractivity contribution >= 4 is 46.1 Å². The summed E-state index contributed by atoms with van der Waals surface area (Å²) in [4.78, 5) is 11.8. The molecule has 0 aliphatic carbocycles. The Morgan fingerprint density at radius 1 is 1.42 bits per heavy atom. The predicted molar refractivity (Wildman–Crippen MR) is 75.5 cm³/mol. The molecule has 1 N–H and O–H groups in total. The molecule has 19 heavy (non-hydrogen) atoms. The lowest BCUT2D eigenvalue weighted by atomic mass is 10.3. The van der Waals surface area contributed by atoms with Gasteiger partial charge in [0.25, 0.3) is 5.91 Å². The van der Waals surface area contributed by atoms with Gasteiger partial charge in [0, 0.05) is 5.69 Å². The van der Waals surface area contributed by atoms with E-state index in [2.05, 4.69) is 15.5 Å². The quantitative estimate of drug-likeness (QED) is 0.937. The van der Waals surface area contributed by atoms with Crippen molar-refractivity contribution in [2.75, 3.05) is 11.9 Å². The summed E-state index contributed by atoms with van der Waals surface area (Å²) in [5.41, 5.74) is 0.546. The van der Waals surface area contributed by atoms with Crippen LogP contribution in [0, 0.1) is 0 Å². The number of nitrogens with one attached hydrogen (secondary N) is 1. The molecular weight excluding hydrogens is 309 g/mol. The molecule has 2 aromatic rings. The summed E-state index contributed by atoms with van der Waals surface area (Å²) in [6, 6.07) is 4.99. The Balaban J connectivity index is 2.11. The molecule has 0 saturated heterocycles. The standard InChI is InChI=1S/C11H9Cl2N3O2S/c1-2-18-8-4-3-6(5-7(8)12)14-9(17)10-15-16-11(13)19-10/h3-5H,2H2,1H3,(H,14,17). The highest BCUT2D eigenvalue weighted by atomic mass is 35.5. The minimum absolute atomic E-state index is 0.190. The van der Waals surface area contributed by atoms with Crippen LogP contribution in [-0.2, 0) is 0 Å². The van der Waals surface area contributed by atoms with Gasteiger partial charge in [-0.25, -0.2) is 0 Å². The summed E-state index contributed by atoms with van der Waals surface area (Å²) >= 11 is 12.6. The Kier molecular flexibility index (Phi) is 4.57. The molecule has 1 amide bonds. The van der Waals surface area contributed by atoms with Crippen molar-refractivity contribution in [2.24, 2.45) is 0 Å². The molecule has 5 nitrogen and oxygen atoms in total. The Labute approximate surface area is 123 Å².